The van der Waals surface area contributed by atoms with Gasteiger partial charge in [-0.1, -0.05) is 38.1 Å². The van der Waals surface area contributed by atoms with Crippen LogP contribution in [0.5, 0.6) is 5.88 Å². The van der Waals surface area contributed by atoms with E-state index in [4.69, 9.17) is 4.74 Å². The SMILES string of the molecule is Cc1cccc(C)c1-c1cc2nc(n1)NS(=O)(=O)c1cccc(c1)C(=O)N(Cc1ncccn1)[C@H](CC(C)C)CO2. The first-order valence-corrected chi connectivity index (χ1v) is 14.9. The molecule has 2 aromatic carbocycles. The Morgan fingerprint density at radius 2 is 1.71 bits per heavy atom. The zero-order valence-electron chi connectivity index (χ0n) is 23.4. The number of nitrogens with one attached hydrogen (secondary N) is 1. The summed E-state index contributed by atoms with van der Waals surface area (Å²) in [5, 5.41) is 0. The van der Waals surface area contributed by atoms with Crippen molar-refractivity contribution in [2.75, 3.05) is 11.3 Å². The number of sulfonamides is 1. The number of aryl methyl sites for hydroxylation is 2. The van der Waals surface area contributed by atoms with E-state index in [1.165, 1.54) is 12.1 Å². The van der Waals surface area contributed by atoms with Crippen molar-refractivity contribution in [1.29, 1.82) is 0 Å². The number of aromatic nitrogens is 4. The van der Waals surface area contributed by atoms with Crippen LogP contribution in [-0.4, -0.2) is 51.8 Å². The summed E-state index contributed by atoms with van der Waals surface area (Å²) < 4.78 is 35.7. The largest absolute Gasteiger partial charge is 0.475 e. The van der Waals surface area contributed by atoms with E-state index in [1.54, 1.807) is 41.6 Å². The average molecular weight is 573 g/mol. The van der Waals surface area contributed by atoms with Crippen LogP contribution in [0.1, 0.15) is 47.6 Å². The van der Waals surface area contributed by atoms with Gasteiger partial charge in [-0.25, -0.2) is 28.1 Å². The van der Waals surface area contributed by atoms with Gasteiger partial charge in [0, 0.05) is 29.6 Å². The highest BCUT2D eigenvalue weighted by Gasteiger charge is 2.29. The Balaban J connectivity index is 1.67. The van der Waals surface area contributed by atoms with Crippen LogP contribution in [-0.2, 0) is 16.6 Å². The Hall–Kier alpha value is -4.38. The van der Waals surface area contributed by atoms with Gasteiger partial charge in [-0.05, 0) is 61.6 Å². The topological polar surface area (TPSA) is 127 Å². The Morgan fingerprint density at radius 1 is 1.00 bits per heavy atom. The maximum Gasteiger partial charge on any atom is 0.264 e. The zero-order chi connectivity index (χ0) is 29.1. The summed E-state index contributed by atoms with van der Waals surface area (Å²) in [4.78, 5) is 33.2. The molecule has 4 aromatic rings. The van der Waals surface area contributed by atoms with E-state index in [9.17, 15) is 13.2 Å². The highest BCUT2D eigenvalue weighted by molar-refractivity contribution is 7.92. The van der Waals surface area contributed by atoms with Gasteiger partial charge in [0.05, 0.1) is 23.2 Å². The van der Waals surface area contributed by atoms with Gasteiger partial charge in [-0.3, -0.25) is 4.79 Å². The Kier molecular flexibility index (Phi) is 7.98. The first-order chi connectivity index (χ1) is 19.6. The van der Waals surface area contributed by atoms with Gasteiger partial charge in [0.15, 0.2) is 0 Å². The number of carbonyl (C=O) groups excluding carboxylic acids is 1. The molecule has 1 aliphatic rings. The van der Waals surface area contributed by atoms with Crippen LogP contribution < -0.4 is 9.46 Å². The van der Waals surface area contributed by atoms with Crippen LogP contribution >= 0.6 is 0 Å². The first-order valence-electron chi connectivity index (χ1n) is 13.4. The monoisotopic (exact) mass is 572 g/mol. The molecular weight excluding hydrogens is 540 g/mol. The van der Waals surface area contributed by atoms with Gasteiger partial charge in [-0.2, -0.15) is 4.98 Å². The quantitative estimate of drug-likeness (QED) is 0.361. The molecule has 41 heavy (non-hydrogen) atoms. The van der Waals surface area contributed by atoms with Crippen molar-refractivity contribution >= 4 is 21.9 Å². The number of nitrogens with zero attached hydrogens (tertiary/aromatic N) is 5. The van der Waals surface area contributed by atoms with E-state index in [0.717, 1.165) is 16.7 Å². The van der Waals surface area contributed by atoms with Gasteiger partial charge < -0.3 is 9.64 Å². The second-order valence-corrected chi connectivity index (χ2v) is 12.2. The van der Waals surface area contributed by atoms with Crippen molar-refractivity contribution in [3.8, 4) is 17.1 Å². The molecule has 5 rings (SSSR count). The Labute approximate surface area is 239 Å². The predicted molar refractivity (Wildman–Crippen MR) is 155 cm³/mol. The minimum absolute atomic E-state index is 0.0811. The van der Waals surface area contributed by atoms with Crippen molar-refractivity contribution < 1.29 is 17.9 Å². The van der Waals surface area contributed by atoms with Crippen molar-refractivity contribution in [3.63, 3.8) is 0 Å². The molecule has 2 aromatic heterocycles. The molecule has 0 saturated heterocycles. The number of benzene rings is 2. The van der Waals surface area contributed by atoms with Crippen LogP contribution in [0.2, 0.25) is 0 Å². The molecule has 0 spiro atoms. The molecular formula is C30H32N6O4S. The first kappa shape index (κ1) is 28.2. The highest BCUT2D eigenvalue weighted by Crippen LogP contribution is 2.30. The number of hydrogen-bond donors (Lipinski definition) is 1. The van der Waals surface area contributed by atoms with E-state index in [2.05, 4.69) is 38.5 Å². The second-order valence-electron chi connectivity index (χ2n) is 10.5. The Morgan fingerprint density at radius 3 is 2.41 bits per heavy atom. The third-order valence-electron chi connectivity index (χ3n) is 6.86. The lowest BCUT2D eigenvalue weighted by molar-refractivity contribution is 0.0545. The van der Waals surface area contributed by atoms with Crippen molar-refractivity contribution in [3.05, 3.63) is 89.5 Å². The number of anilines is 1. The van der Waals surface area contributed by atoms with E-state index in [0.29, 0.717) is 17.9 Å². The molecule has 1 atom stereocenters. The fraction of sp³-hybridized carbons (Fsp3) is 0.300. The second kappa shape index (κ2) is 11.6. The summed E-state index contributed by atoms with van der Waals surface area (Å²) in [7, 11) is -4.14. The summed E-state index contributed by atoms with van der Waals surface area (Å²) in [6.07, 6.45) is 3.87. The fourth-order valence-corrected chi connectivity index (χ4v) is 5.96. The van der Waals surface area contributed by atoms with E-state index < -0.39 is 10.0 Å². The molecule has 3 heterocycles. The summed E-state index contributed by atoms with van der Waals surface area (Å²) in [6, 6.07) is 14.9. The maximum absolute atomic E-state index is 14.0. The normalized spacial score (nSPS) is 16.7. The third kappa shape index (κ3) is 6.35. The molecule has 4 bridgehead atoms. The molecule has 1 aliphatic heterocycles. The standard InChI is InChI=1S/C30H32N6O4S/c1-19(2)14-23-18-40-27-16-25(28-20(3)8-5-9-21(28)4)33-30(34-27)35-41(38,39)24-11-6-10-22(15-24)29(37)36(23)17-26-31-12-7-13-32-26/h5-13,15-16,19,23H,14,17-18H2,1-4H3,(H,33,34,35)/t23-/m1/s1. The molecule has 212 valence electrons. The van der Waals surface area contributed by atoms with Gasteiger partial charge in [0.25, 0.3) is 15.9 Å². The van der Waals surface area contributed by atoms with E-state index in [1.807, 2.05) is 32.0 Å². The molecule has 10 nitrogen and oxygen atoms in total. The predicted octanol–water partition coefficient (Wildman–Crippen LogP) is 4.80. The number of rotatable bonds is 5. The van der Waals surface area contributed by atoms with Crippen LogP contribution in [0.3, 0.4) is 0 Å². The minimum atomic E-state index is -4.14. The van der Waals surface area contributed by atoms with Crippen molar-refractivity contribution in [1.82, 2.24) is 24.8 Å². The minimum Gasteiger partial charge on any atom is -0.475 e. The lowest BCUT2D eigenvalue weighted by Crippen LogP contribution is -2.44. The molecule has 1 amide bonds. The summed E-state index contributed by atoms with van der Waals surface area (Å²) in [5.74, 6) is 0.415. The highest BCUT2D eigenvalue weighted by atomic mass is 32.2. The lowest BCUT2D eigenvalue weighted by atomic mass is 10.00. The van der Waals surface area contributed by atoms with Crippen molar-refractivity contribution in [2.45, 2.75) is 51.6 Å². The Bertz CT molecular complexity index is 1660. The van der Waals surface area contributed by atoms with Crippen LogP contribution in [0, 0.1) is 19.8 Å². The molecule has 0 saturated carbocycles. The molecule has 11 heteroatoms. The van der Waals surface area contributed by atoms with E-state index in [-0.39, 0.29) is 53.3 Å². The number of hydrogen-bond acceptors (Lipinski definition) is 8. The van der Waals surface area contributed by atoms with Crippen molar-refractivity contribution in [2.24, 2.45) is 5.92 Å². The van der Waals surface area contributed by atoms with Crippen LogP contribution in [0.4, 0.5) is 5.95 Å². The molecule has 0 unspecified atom stereocenters. The summed E-state index contributed by atoms with van der Waals surface area (Å²) in [5.41, 5.74) is 3.57. The zero-order valence-corrected chi connectivity index (χ0v) is 24.2. The number of fused-ring (bicyclic) bond motifs is 4. The van der Waals surface area contributed by atoms with E-state index >= 15 is 0 Å². The summed E-state index contributed by atoms with van der Waals surface area (Å²) in [6.45, 7) is 8.32. The third-order valence-corrected chi connectivity index (χ3v) is 8.18. The summed E-state index contributed by atoms with van der Waals surface area (Å²) >= 11 is 0. The van der Waals surface area contributed by atoms with Gasteiger partial charge in [0.1, 0.15) is 12.4 Å². The van der Waals surface area contributed by atoms with Crippen LogP contribution in [0.15, 0.2) is 71.9 Å². The smallest absolute Gasteiger partial charge is 0.264 e. The lowest BCUT2D eigenvalue weighted by Gasteiger charge is -2.32. The maximum atomic E-state index is 14.0. The van der Waals surface area contributed by atoms with Gasteiger partial charge in [-0.15, -0.1) is 0 Å². The molecule has 0 aliphatic carbocycles. The van der Waals surface area contributed by atoms with Gasteiger partial charge in [0.2, 0.25) is 11.8 Å². The number of ether oxygens (including phenoxy) is 1. The van der Waals surface area contributed by atoms with Crippen LogP contribution in [0.25, 0.3) is 11.3 Å². The molecule has 0 radical (unpaired) electrons. The average Bonchev–Trinajstić information content (AvgIpc) is 2.93. The molecule has 1 N–H and O–H groups in total. The number of carbonyl (C=O) groups is 1. The molecule has 0 fully saturated rings. The number of amides is 1. The van der Waals surface area contributed by atoms with Gasteiger partial charge >= 0.3 is 0 Å². The fourth-order valence-electron chi connectivity index (χ4n) is 4.97.